The van der Waals surface area contributed by atoms with E-state index in [1.165, 1.54) is 10.5 Å². The molecule has 0 spiro atoms. The predicted molar refractivity (Wildman–Crippen MR) is 94.3 cm³/mol. The van der Waals surface area contributed by atoms with E-state index < -0.39 is 6.03 Å². The molecule has 0 aliphatic carbocycles. The highest BCUT2D eigenvalue weighted by Gasteiger charge is 2.27. The summed E-state index contributed by atoms with van der Waals surface area (Å²) in [6.07, 6.45) is 1.57. The fourth-order valence-corrected chi connectivity index (χ4v) is 2.99. The highest BCUT2D eigenvalue weighted by molar-refractivity contribution is 5.80. The van der Waals surface area contributed by atoms with Gasteiger partial charge in [-0.25, -0.2) is 4.79 Å². The van der Waals surface area contributed by atoms with Crippen molar-refractivity contribution in [2.75, 3.05) is 19.6 Å². The summed E-state index contributed by atoms with van der Waals surface area (Å²) >= 11 is 0. The molecule has 3 amide bonds. The zero-order valence-electron chi connectivity index (χ0n) is 14.5. The van der Waals surface area contributed by atoms with Crippen molar-refractivity contribution in [2.45, 2.75) is 38.6 Å². The monoisotopic (exact) mass is 332 g/mol. The SMILES string of the molecule is CC(C)c1ccc(C(N)CNC(=O)C2CCCN(C(N)=O)C2)cc1. The highest BCUT2D eigenvalue weighted by Crippen LogP contribution is 2.19. The Bertz CT molecular complexity index is 571. The summed E-state index contributed by atoms with van der Waals surface area (Å²) in [6, 6.07) is 7.48. The van der Waals surface area contributed by atoms with Gasteiger partial charge in [0.05, 0.1) is 5.92 Å². The summed E-state index contributed by atoms with van der Waals surface area (Å²) in [5.74, 6) is 0.214. The average molecular weight is 332 g/mol. The molecule has 0 bridgehead atoms. The summed E-state index contributed by atoms with van der Waals surface area (Å²) in [7, 11) is 0. The number of nitrogens with two attached hydrogens (primary N) is 2. The van der Waals surface area contributed by atoms with Crippen molar-refractivity contribution in [2.24, 2.45) is 17.4 Å². The fraction of sp³-hybridized carbons (Fsp3) is 0.556. The molecule has 6 heteroatoms. The van der Waals surface area contributed by atoms with Crippen LogP contribution in [0, 0.1) is 5.92 Å². The first-order chi connectivity index (χ1) is 11.4. The number of hydrogen-bond donors (Lipinski definition) is 3. The first-order valence-corrected chi connectivity index (χ1v) is 8.56. The van der Waals surface area contributed by atoms with E-state index in [0.717, 1.165) is 18.4 Å². The van der Waals surface area contributed by atoms with Crippen LogP contribution in [-0.4, -0.2) is 36.5 Å². The Balaban J connectivity index is 1.85. The van der Waals surface area contributed by atoms with Crippen LogP contribution in [0.3, 0.4) is 0 Å². The predicted octanol–water partition coefficient (Wildman–Crippen LogP) is 1.72. The summed E-state index contributed by atoms with van der Waals surface area (Å²) in [5, 5.41) is 2.90. The molecule has 0 saturated carbocycles. The molecule has 1 aromatic carbocycles. The van der Waals surface area contributed by atoms with Crippen molar-refractivity contribution in [1.82, 2.24) is 10.2 Å². The second kappa shape index (κ2) is 8.15. The van der Waals surface area contributed by atoms with Crippen LogP contribution >= 0.6 is 0 Å². The number of carbonyl (C=O) groups excluding carboxylic acids is 2. The van der Waals surface area contributed by atoms with E-state index >= 15 is 0 Å². The number of amides is 3. The number of likely N-dealkylation sites (tertiary alicyclic amines) is 1. The van der Waals surface area contributed by atoms with Gasteiger partial charge < -0.3 is 21.7 Å². The Labute approximate surface area is 143 Å². The largest absolute Gasteiger partial charge is 0.354 e. The van der Waals surface area contributed by atoms with Gasteiger partial charge in [-0.3, -0.25) is 4.79 Å². The Morgan fingerprint density at radius 3 is 2.46 bits per heavy atom. The number of benzene rings is 1. The molecule has 1 saturated heterocycles. The van der Waals surface area contributed by atoms with Crippen LogP contribution in [0.2, 0.25) is 0 Å². The minimum Gasteiger partial charge on any atom is -0.354 e. The van der Waals surface area contributed by atoms with Gasteiger partial charge in [0.25, 0.3) is 0 Å². The number of nitrogens with zero attached hydrogens (tertiary/aromatic N) is 1. The normalized spacial score (nSPS) is 19.2. The molecular weight excluding hydrogens is 304 g/mol. The maximum atomic E-state index is 12.3. The molecule has 2 rings (SSSR count). The van der Waals surface area contributed by atoms with E-state index in [4.69, 9.17) is 11.5 Å². The molecule has 0 radical (unpaired) electrons. The van der Waals surface area contributed by atoms with Crippen LogP contribution in [0.1, 0.15) is 49.8 Å². The third kappa shape index (κ3) is 4.71. The minimum absolute atomic E-state index is 0.0600. The second-order valence-corrected chi connectivity index (χ2v) is 6.80. The summed E-state index contributed by atoms with van der Waals surface area (Å²) in [5.41, 5.74) is 13.7. The van der Waals surface area contributed by atoms with Crippen LogP contribution in [0.4, 0.5) is 4.79 Å². The van der Waals surface area contributed by atoms with Crippen molar-refractivity contribution in [3.63, 3.8) is 0 Å². The third-order valence-electron chi connectivity index (χ3n) is 4.63. The van der Waals surface area contributed by atoms with Crippen molar-refractivity contribution < 1.29 is 9.59 Å². The van der Waals surface area contributed by atoms with E-state index in [9.17, 15) is 9.59 Å². The molecule has 1 heterocycles. The summed E-state index contributed by atoms with van der Waals surface area (Å²) in [6.45, 7) is 5.69. The van der Waals surface area contributed by atoms with Gasteiger partial charge in [-0.1, -0.05) is 38.1 Å². The van der Waals surface area contributed by atoms with Crippen LogP contribution in [0.5, 0.6) is 0 Å². The van der Waals surface area contributed by atoms with E-state index in [2.05, 4.69) is 31.3 Å². The minimum atomic E-state index is -0.463. The Morgan fingerprint density at radius 1 is 1.25 bits per heavy atom. The molecule has 0 aromatic heterocycles. The van der Waals surface area contributed by atoms with E-state index in [1.54, 1.807) is 0 Å². The molecule has 6 nitrogen and oxygen atoms in total. The van der Waals surface area contributed by atoms with E-state index in [-0.39, 0.29) is 17.9 Å². The number of nitrogens with one attached hydrogen (secondary N) is 1. The van der Waals surface area contributed by atoms with Gasteiger partial charge in [0.2, 0.25) is 5.91 Å². The second-order valence-electron chi connectivity index (χ2n) is 6.80. The molecular formula is C18H28N4O2. The Morgan fingerprint density at radius 2 is 1.88 bits per heavy atom. The number of primary amides is 1. The van der Waals surface area contributed by atoms with Gasteiger partial charge in [0, 0.05) is 25.7 Å². The van der Waals surface area contributed by atoms with Crippen molar-refractivity contribution in [3.05, 3.63) is 35.4 Å². The number of piperidine rings is 1. The van der Waals surface area contributed by atoms with Gasteiger partial charge in [0.1, 0.15) is 0 Å². The number of carbonyl (C=O) groups is 2. The van der Waals surface area contributed by atoms with Gasteiger partial charge in [-0.15, -0.1) is 0 Å². The maximum Gasteiger partial charge on any atom is 0.314 e. The zero-order valence-corrected chi connectivity index (χ0v) is 14.5. The lowest BCUT2D eigenvalue weighted by atomic mass is 9.96. The van der Waals surface area contributed by atoms with Crippen LogP contribution in [-0.2, 0) is 4.79 Å². The smallest absolute Gasteiger partial charge is 0.314 e. The topological polar surface area (TPSA) is 101 Å². The molecule has 1 aliphatic rings. The standard InChI is InChI=1S/C18H28N4O2/c1-12(2)13-5-7-14(8-6-13)16(19)10-21-17(23)15-4-3-9-22(11-15)18(20)24/h5-8,12,15-16H,3-4,9-11,19H2,1-2H3,(H2,20,24)(H,21,23). The lowest BCUT2D eigenvalue weighted by molar-refractivity contribution is -0.126. The number of hydrogen-bond acceptors (Lipinski definition) is 3. The van der Waals surface area contributed by atoms with Gasteiger partial charge in [-0.05, 0) is 29.9 Å². The molecule has 2 unspecified atom stereocenters. The molecule has 132 valence electrons. The molecule has 1 aliphatic heterocycles. The third-order valence-corrected chi connectivity index (χ3v) is 4.63. The van der Waals surface area contributed by atoms with Gasteiger partial charge in [-0.2, -0.15) is 0 Å². The van der Waals surface area contributed by atoms with E-state index in [0.29, 0.717) is 25.6 Å². The quantitative estimate of drug-likeness (QED) is 0.765. The Kier molecular flexibility index (Phi) is 6.20. The lowest BCUT2D eigenvalue weighted by Gasteiger charge is -2.30. The number of rotatable bonds is 5. The van der Waals surface area contributed by atoms with Crippen molar-refractivity contribution >= 4 is 11.9 Å². The molecule has 2 atom stereocenters. The van der Waals surface area contributed by atoms with Crippen molar-refractivity contribution in [1.29, 1.82) is 0 Å². The zero-order chi connectivity index (χ0) is 17.7. The summed E-state index contributed by atoms with van der Waals surface area (Å²) < 4.78 is 0. The van der Waals surface area contributed by atoms with Crippen molar-refractivity contribution in [3.8, 4) is 0 Å². The summed E-state index contributed by atoms with van der Waals surface area (Å²) in [4.78, 5) is 25.1. The molecule has 1 fully saturated rings. The average Bonchev–Trinajstić information content (AvgIpc) is 2.59. The lowest BCUT2D eigenvalue weighted by Crippen LogP contribution is -2.48. The van der Waals surface area contributed by atoms with Crippen LogP contribution in [0.25, 0.3) is 0 Å². The first-order valence-electron chi connectivity index (χ1n) is 8.56. The molecule has 5 N–H and O–H groups in total. The van der Waals surface area contributed by atoms with E-state index in [1.807, 2.05) is 12.1 Å². The molecule has 1 aromatic rings. The highest BCUT2D eigenvalue weighted by atomic mass is 16.2. The maximum absolute atomic E-state index is 12.3. The van der Waals surface area contributed by atoms with Gasteiger partial charge >= 0.3 is 6.03 Å². The molecule has 24 heavy (non-hydrogen) atoms. The fourth-order valence-electron chi connectivity index (χ4n) is 2.99. The van der Waals surface area contributed by atoms with Crippen LogP contribution in [0.15, 0.2) is 24.3 Å². The van der Waals surface area contributed by atoms with Crippen LogP contribution < -0.4 is 16.8 Å². The van der Waals surface area contributed by atoms with Gasteiger partial charge in [0.15, 0.2) is 0 Å². The Hall–Kier alpha value is -2.08. The first kappa shape index (κ1) is 18.3. The number of urea groups is 1.